The number of rotatable bonds is 4. The molecule has 0 radical (unpaired) electrons. The monoisotopic (exact) mass is 264 g/mol. The van der Waals surface area contributed by atoms with Crippen molar-refractivity contribution >= 4 is 28.8 Å². The number of nitrogen functional groups attached to an aromatic ring is 1. The number of esters is 1. The molecule has 7 heteroatoms. The second kappa shape index (κ2) is 5.46. The maximum absolute atomic E-state index is 11.3. The number of hydrogen-bond acceptors (Lipinski definition) is 7. The molecule has 94 valence electrons. The van der Waals surface area contributed by atoms with E-state index in [-0.39, 0.29) is 5.69 Å². The summed E-state index contributed by atoms with van der Waals surface area (Å²) in [5.41, 5.74) is 9.10. The fraction of sp³-hybridized carbons (Fsp3) is 0.182. The molecule has 0 atom stereocenters. The lowest BCUT2D eigenvalue weighted by atomic mass is 10.3. The Hall–Kier alpha value is -2.15. The number of hydrogen-bond donors (Lipinski definition) is 2. The predicted molar refractivity (Wildman–Crippen MR) is 69.4 cm³/mol. The molecule has 0 aliphatic heterocycles. The van der Waals surface area contributed by atoms with Crippen LogP contribution in [0.5, 0.6) is 0 Å². The summed E-state index contributed by atoms with van der Waals surface area (Å²) in [6.45, 7) is 0.505. The van der Waals surface area contributed by atoms with E-state index in [1.807, 2.05) is 5.38 Å². The topological polar surface area (TPSA) is 90.1 Å². The molecule has 0 fully saturated rings. The van der Waals surface area contributed by atoms with Gasteiger partial charge in [-0.1, -0.05) is 0 Å². The second-order valence-electron chi connectivity index (χ2n) is 3.46. The summed E-state index contributed by atoms with van der Waals surface area (Å²) in [4.78, 5) is 19.6. The van der Waals surface area contributed by atoms with Crippen LogP contribution in [0.25, 0.3) is 0 Å². The first-order valence-electron chi connectivity index (χ1n) is 5.16. The summed E-state index contributed by atoms with van der Waals surface area (Å²) < 4.78 is 4.60. The van der Waals surface area contributed by atoms with Gasteiger partial charge in [-0.25, -0.2) is 14.8 Å². The highest BCUT2D eigenvalue weighted by atomic mass is 32.1. The summed E-state index contributed by atoms with van der Waals surface area (Å²) >= 11 is 1.51. The van der Waals surface area contributed by atoms with Crippen LogP contribution < -0.4 is 11.1 Å². The molecule has 2 aromatic heterocycles. The summed E-state index contributed by atoms with van der Waals surface area (Å²) in [7, 11) is 1.31. The summed E-state index contributed by atoms with van der Waals surface area (Å²) in [5.74, 6) is -0.0439. The molecule has 0 aromatic carbocycles. The van der Waals surface area contributed by atoms with Crippen LogP contribution in [0.2, 0.25) is 0 Å². The second-order valence-corrected chi connectivity index (χ2v) is 4.18. The van der Waals surface area contributed by atoms with Gasteiger partial charge in [-0.05, 0) is 12.1 Å². The van der Waals surface area contributed by atoms with E-state index in [0.717, 1.165) is 5.69 Å². The van der Waals surface area contributed by atoms with Gasteiger partial charge >= 0.3 is 5.97 Å². The minimum Gasteiger partial charge on any atom is -0.464 e. The molecule has 2 aromatic rings. The highest BCUT2D eigenvalue weighted by Crippen LogP contribution is 2.17. The van der Waals surface area contributed by atoms with Gasteiger partial charge in [0.15, 0.2) is 11.5 Å². The number of nitrogens with zero attached hydrogens (tertiary/aromatic N) is 2. The molecule has 2 heterocycles. The predicted octanol–water partition coefficient (Wildman–Crippen LogP) is 1.52. The van der Waals surface area contributed by atoms with E-state index in [0.29, 0.717) is 18.1 Å². The van der Waals surface area contributed by atoms with Crippen LogP contribution in [0.15, 0.2) is 23.0 Å². The lowest BCUT2D eigenvalue weighted by molar-refractivity contribution is 0.0594. The van der Waals surface area contributed by atoms with Crippen LogP contribution in [0, 0.1) is 0 Å². The molecular weight excluding hydrogens is 252 g/mol. The third-order valence-electron chi connectivity index (χ3n) is 2.24. The van der Waals surface area contributed by atoms with E-state index in [2.05, 4.69) is 20.0 Å². The van der Waals surface area contributed by atoms with Crippen molar-refractivity contribution in [2.75, 3.05) is 18.2 Å². The zero-order valence-corrected chi connectivity index (χ0v) is 10.5. The smallest absolute Gasteiger partial charge is 0.356 e. The first kappa shape index (κ1) is 12.3. The van der Waals surface area contributed by atoms with Crippen molar-refractivity contribution in [2.45, 2.75) is 6.54 Å². The van der Waals surface area contributed by atoms with Crippen molar-refractivity contribution in [3.05, 3.63) is 34.4 Å². The summed E-state index contributed by atoms with van der Waals surface area (Å²) in [5, 5.41) is 4.96. The maximum atomic E-state index is 11.3. The Labute approximate surface area is 108 Å². The summed E-state index contributed by atoms with van der Waals surface area (Å²) in [6, 6.07) is 3.14. The molecule has 0 bridgehead atoms. The van der Waals surface area contributed by atoms with Gasteiger partial charge in [-0.2, -0.15) is 0 Å². The highest BCUT2D eigenvalue weighted by molar-refractivity contribution is 7.07. The summed E-state index contributed by atoms with van der Waals surface area (Å²) in [6.07, 6.45) is 0. The Bertz CT molecular complexity index is 542. The molecule has 0 unspecified atom stereocenters. The standard InChI is InChI=1S/C11H12N4O2S/c1-17-11(16)9-3-2-8(12)10(15-9)13-4-7-5-18-6-14-7/h2-3,5-6H,4,12H2,1H3,(H,13,15). The van der Waals surface area contributed by atoms with Crippen LogP contribution in [-0.2, 0) is 11.3 Å². The van der Waals surface area contributed by atoms with Crippen molar-refractivity contribution in [2.24, 2.45) is 0 Å². The molecule has 2 rings (SSSR count). The quantitative estimate of drug-likeness (QED) is 0.814. The normalized spacial score (nSPS) is 10.1. The minimum atomic E-state index is -0.494. The van der Waals surface area contributed by atoms with E-state index < -0.39 is 5.97 Å². The van der Waals surface area contributed by atoms with Crippen LogP contribution in [-0.4, -0.2) is 23.0 Å². The van der Waals surface area contributed by atoms with Crippen LogP contribution in [0.4, 0.5) is 11.5 Å². The molecule has 0 saturated heterocycles. The van der Waals surface area contributed by atoms with Gasteiger partial charge in [0.2, 0.25) is 0 Å². The number of nitrogens with two attached hydrogens (primary N) is 1. The fourth-order valence-corrected chi connectivity index (χ4v) is 1.89. The third kappa shape index (κ3) is 2.75. The zero-order valence-electron chi connectivity index (χ0n) is 9.71. The van der Waals surface area contributed by atoms with Gasteiger partial charge in [0, 0.05) is 5.38 Å². The number of carbonyl (C=O) groups excluding carboxylic acids is 1. The van der Waals surface area contributed by atoms with E-state index in [9.17, 15) is 4.79 Å². The van der Waals surface area contributed by atoms with Gasteiger partial charge in [0.05, 0.1) is 30.5 Å². The Morgan fingerprint density at radius 3 is 3.06 bits per heavy atom. The van der Waals surface area contributed by atoms with Crippen LogP contribution in [0.3, 0.4) is 0 Å². The van der Waals surface area contributed by atoms with Gasteiger partial charge in [0.25, 0.3) is 0 Å². The van der Waals surface area contributed by atoms with Crippen molar-refractivity contribution in [1.29, 1.82) is 0 Å². The largest absolute Gasteiger partial charge is 0.464 e. The van der Waals surface area contributed by atoms with Crippen molar-refractivity contribution in [1.82, 2.24) is 9.97 Å². The Balaban J connectivity index is 2.13. The van der Waals surface area contributed by atoms with E-state index in [1.54, 1.807) is 11.6 Å². The molecule has 0 saturated carbocycles. The molecule has 18 heavy (non-hydrogen) atoms. The lowest BCUT2D eigenvalue weighted by Crippen LogP contribution is -2.10. The first-order valence-corrected chi connectivity index (χ1v) is 6.10. The number of anilines is 2. The Kier molecular flexibility index (Phi) is 3.73. The van der Waals surface area contributed by atoms with E-state index >= 15 is 0 Å². The SMILES string of the molecule is COC(=O)c1ccc(N)c(NCc2cscn2)n1. The molecule has 0 amide bonds. The van der Waals surface area contributed by atoms with Crippen molar-refractivity contribution in [3.63, 3.8) is 0 Å². The maximum Gasteiger partial charge on any atom is 0.356 e. The number of thiazole rings is 1. The molecular formula is C11H12N4O2S. The fourth-order valence-electron chi connectivity index (χ4n) is 1.33. The van der Waals surface area contributed by atoms with Crippen molar-refractivity contribution < 1.29 is 9.53 Å². The Morgan fingerprint density at radius 2 is 2.39 bits per heavy atom. The zero-order chi connectivity index (χ0) is 13.0. The van der Waals surface area contributed by atoms with Gasteiger partial charge in [-0.3, -0.25) is 0 Å². The number of pyridine rings is 1. The average molecular weight is 264 g/mol. The molecule has 3 N–H and O–H groups in total. The molecule has 0 aliphatic carbocycles. The van der Waals surface area contributed by atoms with E-state index in [1.165, 1.54) is 24.5 Å². The first-order chi connectivity index (χ1) is 8.70. The average Bonchev–Trinajstić information content (AvgIpc) is 2.90. The third-order valence-corrected chi connectivity index (χ3v) is 2.88. The Morgan fingerprint density at radius 1 is 1.56 bits per heavy atom. The minimum absolute atomic E-state index is 0.215. The van der Waals surface area contributed by atoms with Crippen molar-refractivity contribution in [3.8, 4) is 0 Å². The number of aromatic nitrogens is 2. The van der Waals surface area contributed by atoms with Crippen LogP contribution in [0.1, 0.15) is 16.2 Å². The molecule has 0 aliphatic rings. The number of ether oxygens (including phenoxy) is 1. The highest BCUT2D eigenvalue weighted by Gasteiger charge is 2.10. The van der Waals surface area contributed by atoms with Gasteiger partial charge in [-0.15, -0.1) is 11.3 Å². The van der Waals surface area contributed by atoms with Crippen LogP contribution >= 0.6 is 11.3 Å². The number of carbonyl (C=O) groups is 1. The number of nitrogens with one attached hydrogen (secondary N) is 1. The van der Waals surface area contributed by atoms with E-state index in [4.69, 9.17) is 5.73 Å². The lowest BCUT2D eigenvalue weighted by Gasteiger charge is -2.08. The van der Waals surface area contributed by atoms with Gasteiger partial charge < -0.3 is 15.8 Å². The van der Waals surface area contributed by atoms with Gasteiger partial charge in [0.1, 0.15) is 0 Å². The molecule has 0 spiro atoms. The number of methoxy groups -OCH3 is 1. The molecule has 6 nitrogen and oxygen atoms in total.